The van der Waals surface area contributed by atoms with E-state index in [1.54, 1.807) is 38.3 Å². The number of carbonyl (C=O) groups excluding carboxylic acids is 1. The van der Waals surface area contributed by atoms with Gasteiger partial charge < -0.3 is 15.4 Å². The third-order valence-corrected chi connectivity index (χ3v) is 3.91. The molecule has 0 saturated carbocycles. The van der Waals surface area contributed by atoms with Crippen molar-refractivity contribution in [2.75, 3.05) is 25.6 Å². The van der Waals surface area contributed by atoms with Crippen molar-refractivity contribution in [2.24, 2.45) is 0 Å². The molecule has 24 heavy (non-hydrogen) atoms. The van der Waals surface area contributed by atoms with Gasteiger partial charge in [-0.15, -0.1) is 0 Å². The lowest BCUT2D eigenvalue weighted by molar-refractivity contribution is 0.0943. The predicted molar refractivity (Wildman–Crippen MR) is 95.3 cm³/mol. The quantitative estimate of drug-likeness (QED) is 0.730. The van der Waals surface area contributed by atoms with Gasteiger partial charge in [0.2, 0.25) is 5.95 Å². The van der Waals surface area contributed by atoms with Crippen LogP contribution in [0.3, 0.4) is 0 Å². The zero-order valence-corrected chi connectivity index (χ0v) is 14.9. The Hall–Kier alpha value is -1.89. The average Bonchev–Trinajstić information content (AvgIpc) is 2.55. The Labute approximate surface area is 150 Å². The van der Waals surface area contributed by atoms with Gasteiger partial charge in [0.05, 0.1) is 15.7 Å². The van der Waals surface area contributed by atoms with Crippen molar-refractivity contribution in [1.29, 1.82) is 0 Å². The number of amides is 1. The second-order valence-electron chi connectivity index (χ2n) is 5.05. The lowest BCUT2D eigenvalue weighted by Gasteiger charge is -2.10. The molecule has 1 heterocycles. The number of aryl methyl sites for hydroxylation is 1. The van der Waals surface area contributed by atoms with Gasteiger partial charge in [-0.1, -0.05) is 29.3 Å². The fourth-order valence-electron chi connectivity index (χ4n) is 1.97. The molecule has 0 aliphatic carbocycles. The first kappa shape index (κ1) is 18.4. The zero-order valence-electron chi connectivity index (χ0n) is 13.4. The normalized spacial score (nSPS) is 10.5. The van der Waals surface area contributed by atoms with Crippen LogP contribution in [-0.2, 0) is 4.74 Å². The summed E-state index contributed by atoms with van der Waals surface area (Å²) < 4.78 is 4.94. The lowest BCUT2D eigenvalue weighted by Crippen LogP contribution is -2.26. The van der Waals surface area contributed by atoms with Crippen molar-refractivity contribution in [1.82, 2.24) is 15.3 Å². The van der Waals surface area contributed by atoms with E-state index in [2.05, 4.69) is 20.6 Å². The zero-order chi connectivity index (χ0) is 17.5. The number of benzene rings is 1. The smallest absolute Gasteiger partial charge is 0.270 e. The number of halogens is 2. The van der Waals surface area contributed by atoms with Gasteiger partial charge in [-0.25, -0.2) is 9.97 Å². The Balaban J connectivity index is 2.13. The molecule has 2 N–H and O–H groups in total. The summed E-state index contributed by atoms with van der Waals surface area (Å²) >= 11 is 12.1. The highest BCUT2D eigenvalue weighted by Crippen LogP contribution is 2.30. The molecule has 128 valence electrons. The molecule has 2 aromatic rings. The van der Waals surface area contributed by atoms with Crippen LogP contribution in [0, 0.1) is 6.92 Å². The Morgan fingerprint density at radius 1 is 1.29 bits per heavy atom. The number of anilines is 2. The molecule has 0 aliphatic heterocycles. The molecule has 6 nitrogen and oxygen atoms in total. The molecule has 0 fully saturated rings. The van der Waals surface area contributed by atoms with E-state index >= 15 is 0 Å². The summed E-state index contributed by atoms with van der Waals surface area (Å²) in [5.74, 6) is 0.0121. The summed E-state index contributed by atoms with van der Waals surface area (Å²) in [6.07, 6.45) is 0.732. The maximum atomic E-state index is 12.2. The molecule has 0 bridgehead atoms. The van der Waals surface area contributed by atoms with Crippen LogP contribution in [0.2, 0.25) is 10.0 Å². The van der Waals surface area contributed by atoms with Gasteiger partial charge in [-0.2, -0.15) is 0 Å². The van der Waals surface area contributed by atoms with Gasteiger partial charge in [0.25, 0.3) is 5.91 Å². The average molecular weight is 369 g/mol. The Kier molecular flexibility index (Phi) is 6.78. The Morgan fingerprint density at radius 3 is 2.83 bits per heavy atom. The van der Waals surface area contributed by atoms with Crippen molar-refractivity contribution in [3.63, 3.8) is 0 Å². The van der Waals surface area contributed by atoms with Gasteiger partial charge in [0.15, 0.2) is 0 Å². The molecular formula is C16H18Cl2N4O2. The number of ether oxygens (including phenoxy) is 1. The predicted octanol–water partition coefficient (Wildman–Crippen LogP) is 3.60. The number of nitrogens with zero attached hydrogens (tertiary/aromatic N) is 2. The van der Waals surface area contributed by atoms with E-state index in [9.17, 15) is 4.79 Å². The minimum atomic E-state index is -0.267. The first-order valence-electron chi connectivity index (χ1n) is 7.35. The number of hydrogen-bond donors (Lipinski definition) is 2. The van der Waals surface area contributed by atoms with Crippen molar-refractivity contribution in [3.8, 4) is 0 Å². The molecule has 0 atom stereocenters. The maximum Gasteiger partial charge on any atom is 0.270 e. The van der Waals surface area contributed by atoms with E-state index in [1.165, 1.54) is 0 Å². The van der Waals surface area contributed by atoms with Crippen molar-refractivity contribution in [3.05, 3.63) is 45.7 Å². The standard InChI is InChI=1S/C16H18Cl2N4O2/c1-10-9-13(15(23)19-7-4-8-24-2)22-16(20-10)21-12-6-3-5-11(17)14(12)18/h3,5-6,9H,4,7-8H2,1-2H3,(H,19,23)(H,20,21,22). The molecule has 1 aromatic heterocycles. The van der Waals surface area contributed by atoms with Crippen LogP contribution in [-0.4, -0.2) is 36.1 Å². The number of rotatable bonds is 7. The van der Waals surface area contributed by atoms with Gasteiger partial charge >= 0.3 is 0 Å². The van der Waals surface area contributed by atoms with E-state index in [0.717, 1.165) is 6.42 Å². The molecule has 1 amide bonds. The first-order valence-corrected chi connectivity index (χ1v) is 8.10. The number of methoxy groups -OCH3 is 1. The highest BCUT2D eigenvalue weighted by molar-refractivity contribution is 6.43. The molecule has 8 heteroatoms. The minimum Gasteiger partial charge on any atom is -0.385 e. The van der Waals surface area contributed by atoms with E-state index in [1.807, 2.05) is 0 Å². The fourth-order valence-corrected chi connectivity index (χ4v) is 2.32. The van der Waals surface area contributed by atoms with Gasteiger partial charge in [0, 0.05) is 26.0 Å². The summed E-state index contributed by atoms with van der Waals surface area (Å²) in [7, 11) is 1.62. The van der Waals surface area contributed by atoms with Gasteiger partial charge in [0.1, 0.15) is 5.69 Å². The second kappa shape index (κ2) is 8.82. The number of hydrogen-bond acceptors (Lipinski definition) is 5. The number of aromatic nitrogens is 2. The summed E-state index contributed by atoms with van der Waals surface area (Å²) in [6.45, 7) is 2.88. The van der Waals surface area contributed by atoms with E-state index in [0.29, 0.717) is 34.6 Å². The van der Waals surface area contributed by atoms with E-state index in [4.69, 9.17) is 27.9 Å². The number of carbonyl (C=O) groups is 1. The lowest BCUT2D eigenvalue weighted by atomic mass is 10.3. The topological polar surface area (TPSA) is 76.1 Å². The highest BCUT2D eigenvalue weighted by Gasteiger charge is 2.12. The van der Waals surface area contributed by atoms with Crippen LogP contribution in [0.1, 0.15) is 22.6 Å². The third-order valence-electron chi connectivity index (χ3n) is 3.10. The molecule has 0 unspecified atom stereocenters. The van der Waals surface area contributed by atoms with Crippen LogP contribution in [0.5, 0.6) is 0 Å². The molecular weight excluding hydrogens is 351 g/mol. The van der Waals surface area contributed by atoms with E-state index < -0.39 is 0 Å². The molecule has 0 radical (unpaired) electrons. The summed E-state index contributed by atoms with van der Waals surface area (Å²) in [6, 6.07) is 6.82. The molecule has 0 saturated heterocycles. The summed E-state index contributed by atoms with van der Waals surface area (Å²) in [4.78, 5) is 20.7. The second-order valence-corrected chi connectivity index (χ2v) is 5.83. The van der Waals surface area contributed by atoms with Crippen LogP contribution in [0.25, 0.3) is 0 Å². The third kappa shape index (κ3) is 5.06. The van der Waals surface area contributed by atoms with Crippen molar-refractivity contribution < 1.29 is 9.53 Å². The highest BCUT2D eigenvalue weighted by atomic mass is 35.5. The van der Waals surface area contributed by atoms with Gasteiger partial charge in [-0.05, 0) is 31.5 Å². The molecule has 0 spiro atoms. The maximum absolute atomic E-state index is 12.2. The Morgan fingerprint density at radius 2 is 2.08 bits per heavy atom. The molecule has 1 aromatic carbocycles. The Bertz CT molecular complexity index is 725. The van der Waals surface area contributed by atoms with Crippen molar-refractivity contribution >= 4 is 40.7 Å². The van der Waals surface area contributed by atoms with Crippen LogP contribution in [0.4, 0.5) is 11.6 Å². The van der Waals surface area contributed by atoms with Gasteiger partial charge in [-0.3, -0.25) is 4.79 Å². The summed E-state index contributed by atoms with van der Waals surface area (Å²) in [5.41, 5.74) is 1.51. The van der Waals surface area contributed by atoms with Crippen molar-refractivity contribution in [2.45, 2.75) is 13.3 Å². The first-order chi connectivity index (χ1) is 11.5. The minimum absolute atomic E-state index is 0.267. The van der Waals surface area contributed by atoms with Crippen LogP contribution in [0.15, 0.2) is 24.3 Å². The fraction of sp³-hybridized carbons (Fsp3) is 0.312. The van der Waals surface area contributed by atoms with E-state index in [-0.39, 0.29) is 17.5 Å². The monoisotopic (exact) mass is 368 g/mol. The number of nitrogens with one attached hydrogen (secondary N) is 2. The summed E-state index contributed by atoms with van der Waals surface area (Å²) in [5, 5.41) is 6.57. The molecule has 0 aliphatic rings. The SMILES string of the molecule is COCCCNC(=O)c1cc(C)nc(Nc2cccc(Cl)c2Cl)n1. The largest absolute Gasteiger partial charge is 0.385 e. The molecule has 2 rings (SSSR count). The van der Waals surface area contributed by atoms with Crippen LogP contribution < -0.4 is 10.6 Å². The van der Waals surface area contributed by atoms with Crippen LogP contribution >= 0.6 is 23.2 Å².